The highest BCUT2D eigenvalue weighted by Crippen LogP contribution is 2.20. The molecule has 0 radical (unpaired) electrons. The molecular formula is C8H6BrNOS. The number of amides is 1. The third-order valence-corrected chi connectivity index (χ3v) is 2.69. The lowest BCUT2D eigenvalue weighted by Gasteiger charge is -1.95. The van der Waals surface area contributed by atoms with Gasteiger partial charge in [-0.25, -0.2) is 0 Å². The van der Waals surface area contributed by atoms with E-state index in [1.54, 1.807) is 11.4 Å². The van der Waals surface area contributed by atoms with Crippen molar-refractivity contribution in [2.45, 2.75) is 0 Å². The standard InChI is InChI=1S/C8H6BrNOS/c1-2-3-10-8(11)6-4-7(9)12-5-6/h1,4-5H,3H2,(H,10,11). The van der Waals surface area contributed by atoms with Crippen LogP contribution in [0.3, 0.4) is 0 Å². The first kappa shape index (κ1) is 9.30. The summed E-state index contributed by atoms with van der Waals surface area (Å²) in [6.07, 6.45) is 4.99. The van der Waals surface area contributed by atoms with Crippen LogP contribution < -0.4 is 5.32 Å². The number of terminal acetylenes is 1. The molecule has 0 aromatic carbocycles. The van der Waals surface area contributed by atoms with Gasteiger partial charge in [-0.3, -0.25) is 4.79 Å². The van der Waals surface area contributed by atoms with Gasteiger partial charge in [0.05, 0.1) is 15.9 Å². The first-order valence-corrected chi connectivity index (χ1v) is 4.87. The van der Waals surface area contributed by atoms with Crippen LogP contribution in [0.1, 0.15) is 10.4 Å². The van der Waals surface area contributed by atoms with Gasteiger partial charge in [0.15, 0.2) is 0 Å². The van der Waals surface area contributed by atoms with Crippen molar-refractivity contribution >= 4 is 33.2 Å². The molecule has 0 aliphatic carbocycles. The van der Waals surface area contributed by atoms with Gasteiger partial charge in [-0.1, -0.05) is 5.92 Å². The number of nitrogens with one attached hydrogen (secondary N) is 1. The Balaban J connectivity index is 2.61. The van der Waals surface area contributed by atoms with Gasteiger partial charge in [0.2, 0.25) is 0 Å². The van der Waals surface area contributed by atoms with E-state index in [-0.39, 0.29) is 12.5 Å². The van der Waals surface area contributed by atoms with Crippen LogP contribution in [0.25, 0.3) is 0 Å². The van der Waals surface area contributed by atoms with Crippen LogP contribution >= 0.6 is 27.3 Å². The highest BCUT2D eigenvalue weighted by molar-refractivity contribution is 9.11. The maximum Gasteiger partial charge on any atom is 0.252 e. The molecule has 0 saturated carbocycles. The summed E-state index contributed by atoms with van der Waals surface area (Å²) in [6.45, 7) is 0.270. The summed E-state index contributed by atoms with van der Waals surface area (Å²) in [7, 11) is 0. The van der Waals surface area contributed by atoms with Gasteiger partial charge in [0.25, 0.3) is 5.91 Å². The monoisotopic (exact) mass is 243 g/mol. The normalized spacial score (nSPS) is 9.00. The van der Waals surface area contributed by atoms with E-state index in [1.165, 1.54) is 11.3 Å². The van der Waals surface area contributed by atoms with E-state index >= 15 is 0 Å². The lowest BCUT2D eigenvalue weighted by molar-refractivity contribution is 0.0959. The molecule has 62 valence electrons. The van der Waals surface area contributed by atoms with Crippen molar-refractivity contribution < 1.29 is 4.79 Å². The maximum absolute atomic E-state index is 11.2. The average molecular weight is 244 g/mol. The summed E-state index contributed by atoms with van der Waals surface area (Å²) in [6, 6.07) is 1.76. The highest BCUT2D eigenvalue weighted by Gasteiger charge is 2.05. The summed E-state index contributed by atoms with van der Waals surface area (Å²) in [5, 5.41) is 4.35. The number of hydrogen-bond acceptors (Lipinski definition) is 2. The van der Waals surface area contributed by atoms with Gasteiger partial charge < -0.3 is 5.32 Å². The van der Waals surface area contributed by atoms with Gasteiger partial charge >= 0.3 is 0 Å². The maximum atomic E-state index is 11.2. The molecule has 1 amide bonds. The van der Waals surface area contributed by atoms with Crippen molar-refractivity contribution in [1.82, 2.24) is 5.32 Å². The molecule has 0 bridgehead atoms. The third kappa shape index (κ3) is 2.36. The summed E-state index contributed by atoms with van der Waals surface area (Å²) < 4.78 is 0.938. The highest BCUT2D eigenvalue weighted by atomic mass is 79.9. The summed E-state index contributed by atoms with van der Waals surface area (Å²) in [5.41, 5.74) is 0.641. The van der Waals surface area contributed by atoms with Gasteiger partial charge in [-0.2, -0.15) is 0 Å². The molecule has 1 aromatic heterocycles. The quantitative estimate of drug-likeness (QED) is 0.790. The van der Waals surface area contributed by atoms with E-state index in [0.717, 1.165) is 3.79 Å². The second-order valence-corrected chi connectivity index (χ2v) is 4.32. The fraction of sp³-hybridized carbons (Fsp3) is 0.125. The van der Waals surface area contributed by atoms with Crippen LogP contribution in [-0.2, 0) is 0 Å². The second kappa shape index (κ2) is 4.29. The van der Waals surface area contributed by atoms with Crippen molar-refractivity contribution in [2.24, 2.45) is 0 Å². The zero-order valence-electron chi connectivity index (χ0n) is 6.13. The molecule has 0 aliphatic rings. The van der Waals surface area contributed by atoms with E-state index in [4.69, 9.17) is 6.42 Å². The molecule has 1 aromatic rings. The molecule has 0 spiro atoms. The Bertz CT molecular complexity index is 326. The van der Waals surface area contributed by atoms with E-state index in [2.05, 4.69) is 27.2 Å². The molecule has 1 N–H and O–H groups in total. The van der Waals surface area contributed by atoms with Gasteiger partial charge in [0.1, 0.15) is 0 Å². The van der Waals surface area contributed by atoms with Crippen LogP contribution in [-0.4, -0.2) is 12.5 Å². The fourth-order valence-corrected chi connectivity index (χ4v) is 1.80. The minimum atomic E-state index is -0.130. The van der Waals surface area contributed by atoms with Crippen LogP contribution in [0.4, 0.5) is 0 Å². The minimum Gasteiger partial charge on any atom is -0.341 e. The molecule has 4 heteroatoms. The molecule has 1 heterocycles. The molecule has 0 atom stereocenters. The molecule has 12 heavy (non-hydrogen) atoms. The molecule has 0 saturated heterocycles. The van der Waals surface area contributed by atoms with Crippen molar-refractivity contribution in [2.75, 3.05) is 6.54 Å². The van der Waals surface area contributed by atoms with Crippen LogP contribution in [0.15, 0.2) is 15.2 Å². The van der Waals surface area contributed by atoms with Gasteiger partial charge in [-0.15, -0.1) is 17.8 Å². The Hall–Kier alpha value is -0.790. The second-order valence-electron chi connectivity index (χ2n) is 2.03. The van der Waals surface area contributed by atoms with Crippen LogP contribution in [0, 0.1) is 12.3 Å². The molecule has 0 fully saturated rings. The largest absolute Gasteiger partial charge is 0.341 e. The first-order chi connectivity index (χ1) is 5.74. The van der Waals surface area contributed by atoms with E-state index in [0.29, 0.717) is 5.56 Å². The summed E-state index contributed by atoms with van der Waals surface area (Å²) in [5.74, 6) is 2.21. The first-order valence-electron chi connectivity index (χ1n) is 3.19. The van der Waals surface area contributed by atoms with Crippen molar-refractivity contribution in [3.05, 3.63) is 20.8 Å². The zero-order valence-corrected chi connectivity index (χ0v) is 8.54. The Kier molecular flexibility index (Phi) is 3.32. The van der Waals surface area contributed by atoms with Crippen molar-refractivity contribution in [3.8, 4) is 12.3 Å². The molecule has 1 rings (SSSR count). The van der Waals surface area contributed by atoms with E-state index < -0.39 is 0 Å². The predicted octanol–water partition coefficient (Wildman–Crippen LogP) is 1.87. The van der Waals surface area contributed by atoms with E-state index in [1.807, 2.05) is 0 Å². The zero-order chi connectivity index (χ0) is 8.97. The molecule has 0 unspecified atom stereocenters. The van der Waals surface area contributed by atoms with Crippen molar-refractivity contribution in [3.63, 3.8) is 0 Å². The smallest absolute Gasteiger partial charge is 0.252 e. The molecular weight excluding hydrogens is 238 g/mol. The number of thiophene rings is 1. The van der Waals surface area contributed by atoms with Crippen LogP contribution in [0.2, 0.25) is 0 Å². The fourth-order valence-electron chi connectivity index (χ4n) is 0.663. The van der Waals surface area contributed by atoms with Crippen molar-refractivity contribution in [1.29, 1.82) is 0 Å². The molecule has 0 aliphatic heterocycles. The molecule has 2 nitrogen and oxygen atoms in total. The Labute approximate surface area is 83.1 Å². The van der Waals surface area contributed by atoms with Gasteiger partial charge in [-0.05, 0) is 22.0 Å². The average Bonchev–Trinajstić information content (AvgIpc) is 2.47. The number of halogens is 1. The van der Waals surface area contributed by atoms with E-state index in [9.17, 15) is 4.79 Å². The lowest BCUT2D eigenvalue weighted by Crippen LogP contribution is -2.22. The van der Waals surface area contributed by atoms with Gasteiger partial charge in [0, 0.05) is 5.38 Å². The number of rotatable bonds is 2. The number of carbonyl (C=O) groups is 1. The summed E-state index contributed by atoms with van der Waals surface area (Å²) in [4.78, 5) is 11.2. The third-order valence-electron chi connectivity index (χ3n) is 1.18. The predicted molar refractivity (Wildman–Crippen MR) is 53.2 cm³/mol. The summed E-state index contributed by atoms with van der Waals surface area (Å²) >= 11 is 4.74. The Morgan fingerprint density at radius 2 is 2.58 bits per heavy atom. The topological polar surface area (TPSA) is 29.1 Å². The number of hydrogen-bond donors (Lipinski definition) is 1. The number of carbonyl (C=O) groups excluding carboxylic acids is 1. The lowest BCUT2D eigenvalue weighted by atomic mass is 10.3. The van der Waals surface area contributed by atoms with Crippen LogP contribution in [0.5, 0.6) is 0 Å². The Morgan fingerprint density at radius 3 is 3.08 bits per heavy atom. The Morgan fingerprint density at radius 1 is 1.83 bits per heavy atom. The minimum absolute atomic E-state index is 0.130. The SMILES string of the molecule is C#CCNC(=O)c1csc(Br)c1.